The van der Waals surface area contributed by atoms with Gasteiger partial charge in [-0.2, -0.15) is 0 Å². The third-order valence-electron chi connectivity index (χ3n) is 1.15. The van der Waals surface area contributed by atoms with Gasteiger partial charge in [-0.15, -0.1) is 0 Å². The molecule has 50 valence electrons. The van der Waals surface area contributed by atoms with Crippen LogP contribution in [0.25, 0.3) is 0 Å². The predicted molar refractivity (Wildman–Crippen MR) is 29.9 cm³/mol. The van der Waals surface area contributed by atoms with E-state index in [2.05, 4.69) is 0 Å². The Morgan fingerprint density at radius 2 is 2.25 bits per heavy atom. The summed E-state index contributed by atoms with van der Waals surface area (Å²) in [6.45, 7) is 3.18. The first-order chi connectivity index (χ1) is 3.50. The van der Waals surface area contributed by atoms with Crippen molar-refractivity contribution < 1.29 is 5.21 Å². The highest BCUT2D eigenvalue weighted by molar-refractivity contribution is 4.71. The fourth-order valence-corrected chi connectivity index (χ4v) is 0.135. The van der Waals surface area contributed by atoms with Crippen LogP contribution in [0.3, 0.4) is 0 Å². The van der Waals surface area contributed by atoms with E-state index in [4.69, 9.17) is 10.9 Å². The molecule has 0 aromatic rings. The summed E-state index contributed by atoms with van der Waals surface area (Å²) < 4.78 is 0. The van der Waals surface area contributed by atoms with E-state index in [-0.39, 0.29) is 5.23 Å². The fraction of sp³-hybridized carbons (Fsp3) is 1.00. The molecule has 0 aliphatic carbocycles. The predicted octanol–water partition coefficient (Wildman–Crippen LogP) is 0.260. The first-order valence-corrected chi connectivity index (χ1v) is 2.46. The smallest absolute Gasteiger partial charge is 0.0763 e. The van der Waals surface area contributed by atoms with Gasteiger partial charge in [0.15, 0.2) is 0 Å². The van der Waals surface area contributed by atoms with Crippen molar-refractivity contribution >= 4 is 0 Å². The molecule has 1 atom stereocenters. The first kappa shape index (κ1) is 7.84. The lowest BCUT2D eigenvalue weighted by Gasteiger charge is -2.36. The zero-order valence-electron chi connectivity index (χ0n) is 5.09. The van der Waals surface area contributed by atoms with Crippen LogP contribution >= 0.6 is 0 Å². The van der Waals surface area contributed by atoms with Crippen LogP contribution in [-0.4, -0.2) is 16.1 Å². The van der Waals surface area contributed by atoms with E-state index in [1.807, 2.05) is 0 Å². The average molecular weight is 119 g/mol. The summed E-state index contributed by atoms with van der Waals surface area (Å²) in [5.41, 5.74) is 4.10. The van der Waals surface area contributed by atoms with Crippen molar-refractivity contribution in [3.05, 3.63) is 5.21 Å². The molecular weight excluding hydrogens is 108 g/mol. The molecule has 4 nitrogen and oxygen atoms in total. The molecule has 0 radical (unpaired) electrons. The van der Waals surface area contributed by atoms with Crippen molar-refractivity contribution in [3.8, 4) is 0 Å². The Morgan fingerprint density at radius 3 is 2.25 bits per heavy atom. The van der Waals surface area contributed by atoms with Gasteiger partial charge in [0, 0.05) is 0 Å². The van der Waals surface area contributed by atoms with Gasteiger partial charge < -0.3 is 16.1 Å². The Labute approximate surface area is 48.4 Å². The second kappa shape index (κ2) is 2.41. The summed E-state index contributed by atoms with van der Waals surface area (Å²) in [5.74, 6) is 0. The summed E-state index contributed by atoms with van der Waals surface area (Å²) in [4.78, 5) is 0. The zero-order chi connectivity index (χ0) is 6.78. The molecule has 0 rings (SSSR count). The number of nitrogens with two attached hydrogens (primary N) is 1. The second-order valence-corrected chi connectivity index (χ2v) is 1.98. The normalized spacial score (nSPS) is 18.8. The molecule has 0 fully saturated rings. The van der Waals surface area contributed by atoms with Crippen LogP contribution in [0, 0.1) is 5.21 Å². The van der Waals surface area contributed by atoms with Gasteiger partial charge in [-0.25, -0.2) is 5.23 Å². The molecule has 0 aromatic heterocycles. The number of hydrogen-bond donors (Lipinski definition) is 2. The lowest BCUT2D eigenvalue weighted by atomic mass is 10.2. The van der Waals surface area contributed by atoms with Gasteiger partial charge in [-0.05, 0) is 13.3 Å². The monoisotopic (exact) mass is 119 g/mol. The molecule has 0 unspecified atom stereocenters. The summed E-state index contributed by atoms with van der Waals surface area (Å²) >= 11 is 0. The van der Waals surface area contributed by atoms with Crippen molar-refractivity contribution in [1.29, 1.82) is 0 Å². The van der Waals surface area contributed by atoms with Crippen LogP contribution in [0.5, 0.6) is 0 Å². The number of nitrogens with zero attached hydrogens (tertiary/aromatic N) is 1. The minimum Gasteiger partial charge on any atom is -0.761 e. The van der Waals surface area contributed by atoms with E-state index in [9.17, 15) is 5.21 Å². The third-order valence-corrected chi connectivity index (χ3v) is 1.15. The highest BCUT2D eigenvalue weighted by Crippen LogP contribution is 2.06. The lowest BCUT2D eigenvalue weighted by molar-refractivity contribution is -0.123. The van der Waals surface area contributed by atoms with E-state index in [0.29, 0.717) is 6.42 Å². The summed E-state index contributed by atoms with van der Waals surface area (Å²) in [5, 5.41) is 18.0. The molecule has 0 aromatic carbocycles. The Hall–Kier alpha value is -0.160. The summed E-state index contributed by atoms with van der Waals surface area (Å²) in [7, 11) is 0. The summed E-state index contributed by atoms with van der Waals surface area (Å²) in [6, 6.07) is 0. The highest BCUT2D eigenvalue weighted by Gasteiger charge is 2.14. The topological polar surface area (TPSA) is 72.5 Å². The Bertz CT molecular complexity index is 72.4. The van der Waals surface area contributed by atoms with Crippen LogP contribution in [0.2, 0.25) is 0 Å². The Morgan fingerprint density at radius 1 is 1.88 bits per heavy atom. The van der Waals surface area contributed by atoms with Crippen molar-refractivity contribution in [2.45, 2.75) is 25.9 Å². The molecule has 3 N–H and O–H groups in total. The maximum atomic E-state index is 10.0. The number of rotatable bonds is 2. The van der Waals surface area contributed by atoms with E-state index >= 15 is 0 Å². The summed E-state index contributed by atoms with van der Waals surface area (Å²) in [6.07, 6.45) is 0.424. The lowest BCUT2D eigenvalue weighted by Crippen LogP contribution is -2.48. The molecule has 0 heterocycles. The maximum absolute atomic E-state index is 10.0. The van der Waals surface area contributed by atoms with Gasteiger partial charge in [0.2, 0.25) is 0 Å². The van der Waals surface area contributed by atoms with Gasteiger partial charge in [0.1, 0.15) is 0 Å². The SMILES string of the molecule is CC[C@](C)(N)N([O-])O. The molecular formula is C4H11N2O2-. The Balaban J connectivity index is 3.71. The van der Waals surface area contributed by atoms with Gasteiger partial charge in [0.25, 0.3) is 0 Å². The van der Waals surface area contributed by atoms with Crippen molar-refractivity contribution in [3.63, 3.8) is 0 Å². The second-order valence-electron chi connectivity index (χ2n) is 1.98. The highest BCUT2D eigenvalue weighted by atomic mass is 16.8. The minimum absolute atomic E-state index is 0.229. The molecule has 0 aliphatic rings. The van der Waals surface area contributed by atoms with Gasteiger partial charge in [0.05, 0.1) is 5.66 Å². The van der Waals surface area contributed by atoms with Gasteiger partial charge in [-0.3, -0.25) is 0 Å². The number of hydroxylamine groups is 2. The average Bonchev–Trinajstić information content (AvgIpc) is 1.67. The van der Waals surface area contributed by atoms with Crippen LogP contribution in [0.4, 0.5) is 0 Å². The quantitative estimate of drug-likeness (QED) is 0.404. The van der Waals surface area contributed by atoms with Gasteiger partial charge >= 0.3 is 0 Å². The molecule has 0 aliphatic heterocycles. The first-order valence-electron chi connectivity index (χ1n) is 2.46. The zero-order valence-corrected chi connectivity index (χ0v) is 5.09. The van der Waals surface area contributed by atoms with Crippen LogP contribution in [0.15, 0.2) is 0 Å². The van der Waals surface area contributed by atoms with E-state index in [1.165, 1.54) is 6.92 Å². The van der Waals surface area contributed by atoms with E-state index in [0.717, 1.165) is 0 Å². The molecule has 0 amide bonds. The van der Waals surface area contributed by atoms with E-state index in [1.54, 1.807) is 6.92 Å². The standard InChI is InChI=1S/C4H11N2O2/c1-3-4(2,5)6(7)8/h7H,3,5H2,1-2H3/q-1/t4-/m1/s1. The molecule has 4 heteroatoms. The van der Waals surface area contributed by atoms with Gasteiger partial charge in [-0.1, -0.05) is 6.92 Å². The van der Waals surface area contributed by atoms with Crippen LogP contribution in [-0.2, 0) is 0 Å². The molecule has 0 bridgehead atoms. The van der Waals surface area contributed by atoms with Crippen molar-refractivity contribution in [2.24, 2.45) is 5.73 Å². The molecule has 0 saturated heterocycles. The molecule has 0 saturated carbocycles. The van der Waals surface area contributed by atoms with Crippen LogP contribution < -0.4 is 5.73 Å². The number of hydrogen-bond acceptors (Lipinski definition) is 4. The largest absolute Gasteiger partial charge is 0.761 e. The Kier molecular flexibility index (Phi) is 2.36. The maximum Gasteiger partial charge on any atom is 0.0763 e. The van der Waals surface area contributed by atoms with E-state index < -0.39 is 5.66 Å². The molecule has 8 heavy (non-hydrogen) atoms. The van der Waals surface area contributed by atoms with Crippen LogP contribution in [0.1, 0.15) is 20.3 Å². The van der Waals surface area contributed by atoms with Crippen molar-refractivity contribution in [1.82, 2.24) is 5.23 Å². The third kappa shape index (κ3) is 1.75. The fourth-order valence-electron chi connectivity index (χ4n) is 0.135. The molecule has 0 spiro atoms. The van der Waals surface area contributed by atoms with Crippen molar-refractivity contribution in [2.75, 3.05) is 0 Å². The minimum atomic E-state index is -1.12.